The third-order valence-corrected chi connectivity index (χ3v) is 4.17. The highest BCUT2D eigenvalue weighted by Gasteiger charge is 2.24. The molecule has 0 bridgehead atoms. The van der Waals surface area contributed by atoms with Crippen molar-refractivity contribution >= 4 is 0 Å². The smallest absolute Gasteiger partial charge is 0.00933 e. The molecule has 0 saturated heterocycles. The first-order valence-electron chi connectivity index (χ1n) is 8.88. The second-order valence-electron chi connectivity index (χ2n) is 6.27. The molecule has 1 aliphatic rings. The Balaban J connectivity index is 0. The average molecular weight is 299 g/mol. The van der Waals surface area contributed by atoms with Gasteiger partial charge < -0.3 is 9.80 Å². The third kappa shape index (κ3) is 11.9. The molecule has 2 heteroatoms. The van der Waals surface area contributed by atoms with Gasteiger partial charge in [-0.05, 0) is 80.6 Å². The molecule has 0 aliphatic heterocycles. The molecule has 0 heterocycles. The van der Waals surface area contributed by atoms with Crippen molar-refractivity contribution in [2.45, 2.75) is 85.7 Å². The fourth-order valence-corrected chi connectivity index (χ4v) is 2.55. The molecule has 1 rings (SSSR count). The lowest BCUT2D eigenvalue weighted by Crippen LogP contribution is -2.40. The fraction of sp³-hybridized carbons (Fsp3) is 0.895. The van der Waals surface area contributed by atoms with Crippen LogP contribution in [0.2, 0.25) is 0 Å². The molecule has 1 fully saturated rings. The van der Waals surface area contributed by atoms with Crippen LogP contribution in [-0.2, 0) is 0 Å². The fourth-order valence-electron chi connectivity index (χ4n) is 2.55. The van der Waals surface area contributed by atoms with Crippen molar-refractivity contribution < 1.29 is 0 Å². The molecule has 0 spiro atoms. The lowest BCUT2D eigenvalue weighted by molar-refractivity contribution is 0.138. The number of allylic oxidation sites excluding steroid dienone is 2. The van der Waals surface area contributed by atoms with E-state index in [0.29, 0.717) is 0 Å². The standard InChI is InChI=1S/C12H26N2.C5H10.C2H6/c1-5-10-14(4)12-8-6-11(7-9-12)13(2)3;1-4-5(2)3;1-2/h11-12H,5-10H2,1-4H3;4H,1-3H3;1-2H3. The van der Waals surface area contributed by atoms with E-state index in [0.717, 1.165) is 12.1 Å². The maximum atomic E-state index is 2.55. The minimum atomic E-state index is 0.835. The van der Waals surface area contributed by atoms with Crippen molar-refractivity contribution in [1.29, 1.82) is 0 Å². The van der Waals surface area contributed by atoms with Gasteiger partial charge in [0.05, 0.1) is 0 Å². The Hall–Kier alpha value is -0.340. The molecule has 1 aliphatic carbocycles. The van der Waals surface area contributed by atoms with Gasteiger partial charge in [0, 0.05) is 12.1 Å². The molecular weight excluding hydrogens is 256 g/mol. The van der Waals surface area contributed by atoms with E-state index < -0.39 is 0 Å². The second-order valence-corrected chi connectivity index (χ2v) is 6.27. The molecule has 0 aromatic carbocycles. The van der Waals surface area contributed by atoms with E-state index in [1.54, 1.807) is 0 Å². The van der Waals surface area contributed by atoms with Crippen LogP contribution >= 0.6 is 0 Å². The molecule has 0 atom stereocenters. The van der Waals surface area contributed by atoms with Crippen LogP contribution in [-0.4, -0.2) is 49.6 Å². The molecule has 128 valence electrons. The largest absolute Gasteiger partial charge is 0.306 e. The first-order chi connectivity index (χ1) is 9.92. The van der Waals surface area contributed by atoms with Gasteiger partial charge in [0.2, 0.25) is 0 Å². The lowest BCUT2D eigenvalue weighted by Gasteiger charge is -2.37. The minimum absolute atomic E-state index is 0.835. The van der Waals surface area contributed by atoms with E-state index in [4.69, 9.17) is 0 Å². The van der Waals surface area contributed by atoms with Crippen molar-refractivity contribution in [3.8, 4) is 0 Å². The van der Waals surface area contributed by atoms with Gasteiger partial charge in [0.25, 0.3) is 0 Å². The zero-order valence-electron chi connectivity index (χ0n) is 16.4. The van der Waals surface area contributed by atoms with E-state index in [1.807, 2.05) is 20.8 Å². The number of nitrogens with zero attached hydrogens (tertiary/aromatic N) is 2. The summed E-state index contributed by atoms with van der Waals surface area (Å²) in [6.45, 7) is 13.7. The maximum Gasteiger partial charge on any atom is 0.00933 e. The topological polar surface area (TPSA) is 6.48 Å². The van der Waals surface area contributed by atoms with Crippen LogP contribution in [0.3, 0.4) is 0 Å². The Morgan fingerprint density at radius 1 is 0.952 bits per heavy atom. The van der Waals surface area contributed by atoms with Crippen molar-refractivity contribution in [3.63, 3.8) is 0 Å². The molecule has 0 aromatic rings. The highest BCUT2D eigenvalue weighted by molar-refractivity contribution is 4.88. The summed E-state index contributed by atoms with van der Waals surface area (Å²) in [5.74, 6) is 0. The molecule has 0 unspecified atom stereocenters. The van der Waals surface area contributed by atoms with Gasteiger partial charge in [-0.15, -0.1) is 0 Å². The van der Waals surface area contributed by atoms with E-state index in [1.165, 1.54) is 44.2 Å². The Morgan fingerprint density at radius 2 is 1.33 bits per heavy atom. The summed E-state index contributed by atoms with van der Waals surface area (Å²) in [6.07, 6.45) is 8.90. The highest BCUT2D eigenvalue weighted by atomic mass is 15.1. The predicted octanol–water partition coefficient (Wildman–Crippen LogP) is 5.20. The van der Waals surface area contributed by atoms with Gasteiger partial charge in [-0.3, -0.25) is 0 Å². The predicted molar refractivity (Wildman–Crippen MR) is 99.1 cm³/mol. The molecule has 0 aromatic heterocycles. The summed E-state index contributed by atoms with van der Waals surface area (Å²) in [7, 11) is 6.70. The summed E-state index contributed by atoms with van der Waals surface area (Å²) in [6, 6.07) is 1.69. The summed E-state index contributed by atoms with van der Waals surface area (Å²) in [5, 5.41) is 0. The third-order valence-electron chi connectivity index (χ3n) is 4.17. The summed E-state index contributed by atoms with van der Waals surface area (Å²) in [5.41, 5.74) is 1.38. The Bertz CT molecular complexity index is 234. The van der Waals surface area contributed by atoms with Crippen molar-refractivity contribution in [1.82, 2.24) is 9.80 Å². The van der Waals surface area contributed by atoms with E-state index in [-0.39, 0.29) is 0 Å². The zero-order valence-corrected chi connectivity index (χ0v) is 16.4. The van der Waals surface area contributed by atoms with Crippen molar-refractivity contribution in [2.75, 3.05) is 27.7 Å². The van der Waals surface area contributed by atoms with Gasteiger partial charge >= 0.3 is 0 Å². The molecule has 1 saturated carbocycles. The normalized spacial score (nSPS) is 21.1. The molecule has 0 radical (unpaired) electrons. The first-order valence-corrected chi connectivity index (χ1v) is 8.88. The van der Waals surface area contributed by atoms with Crippen LogP contribution in [0, 0.1) is 0 Å². The van der Waals surface area contributed by atoms with Crippen molar-refractivity contribution in [3.05, 3.63) is 11.6 Å². The minimum Gasteiger partial charge on any atom is -0.306 e. The second kappa shape index (κ2) is 14.6. The zero-order chi connectivity index (χ0) is 16.8. The van der Waals surface area contributed by atoms with Gasteiger partial charge in [0.1, 0.15) is 0 Å². The van der Waals surface area contributed by atoms with Crippen LogP contribution in [0.25, 0.3) is 0 Å². The average Bonchev–Trinajstić information content (AvgIpc) is 2.50. The monoisotopic (exact) mass is 298 g/mol. The SMILES string of the molecule is CC.CC=C(C)C.CCCN(C)C1CCC(N(C)C)CC1. The summed E-state index contributed by atoms with van der Waals surface area (Å²) >= 11 is 0. The van der Waals surface area contributed by atoms with Gasteiger partial charge in [-0.1, -0.05) is 32.4 Å². The Labute approximate surface area is 135 Å². The molecular formula is C19H42N2. The van der Waals surface area contributed by atoms with Crippen LogP contribution in [0.4, 0.5) is 0 Å². The quantitative estimate of drug-likeness (QED) is 0.658. The van der Waals surface area contributed by atoms with E-state index in [2.05, 4.69) is 57.8 Å². The van der Waals surface area contributed by atoms with Crippen LogP contribution in [0.5, 0.6) is 0 Å². The number of hydrogen-bond acceptors (Lipinski definition) is 2. The molecule has 0 amide bonds. The van der Waals surface area contributed by atoms with Crippen LogP contribution in [0.15, 0.2) is 11.6 Å². The van der Waals surface area contributed by atoms with Crippen molar-refractivity contribution in [2.24, 2.45) is 0 Å². The van der Waals surface area contributed by atoms with Gasteiger partial charge in [-0.25, -0.2) is 0 Å². The van der Waals surface area contributed by atoms with Gasteiger partial charge in [-0.2, -0.15) is 0 Å². The maximum absolute atomic E-state index is 2.55. The summed E-state index contributed by atoms with van der Waals surface area (Å²) in [4.78, 5) is 4.93. The molecule has 0 N–H and O–H groups in total. The molecule has 21 heavy (non-hydrogen) atoms. The van der Waals surface area contributed by atoms with E-state index >= 15 is 0 Å². The highest BCUT2D eigenvalue weighted by Crippen LogP contribution is 2.24. The molecule has 2 nitrogen and oxygen atoms in total. The number of rotatable bonds is 4. The van der Waals surface area contributed by atoms with E-state index in [9.17, 15) is 0 Å². The lowest BCUT2D eigenvalue weighted by atomic mass is 9.90. The summed E-state index contributed by atoms with van der Waals surface area (Å²) < 4.78 is 0. The number of hydrogen-bond donors (Lipinski definition) is 0. The Morgan fingerprint density at radius 3 is 1.62 bits per heavy atom. The van der Waals surface area contributed by atoms with Crippen LogP contribution in [0.1, 0.15) is 73.6 Å². The first kappa shape index (κ1) is 22.9. The van der Waals surface area contributed by atoms with Crippen LogP contribution < -0.4 is 0 Å². The Kier molecular flexibility index (Phi) is 15.9. The van der Waals surface area contributed by atoms with Gasteiger partial charge in [0.15, 0.2) is 0 Å².